The van der Waals surface area contributed by atoms with Crippen LogP contribution in [0.2, 0.25) is 0 Å². The third-order valence-electron chi connectivity index (χ3n) is 3.68. The molecule has 0 aliphatic rings. The van der Waals surface area contributed by atoms with Crippen LogP contribution in [0.3, 0.4) is 0 Å². The minimum absolute atomic E-state index is 0.0447. The van der Waals surface area contributed by atoms with E-state index in [1.165, 1.54) is 0 Å². The van der Waals surface area contributed by atoms with Crippen LogP contribution in [0.4, 0.5) is 8.78 Å². The second-order valence-corrected chi connectivity index (χ2v) is 5.51. The van der Waals surface area contributed by atoms with Crippen LogP contribution in [-0.4, -0.2) is 17.1 Å². The number of para-hydroxylation sites is 2. The summed E-state index contributed by atoms with van der Waals surface area (Å²) in [6, 6.07) is 13.6. The molecule has 0 saturated heterocycles. The summed E-state index contributed by atoms with van der Waals surface area (Å²) >= 11 is 0. The fourth-order valence-corrected chi connectivity index (χ4v) is 2.59. The van der Waals surface area contributed by atoms with Gasteiger partial charge in [-0.15, -0.1) is 0 Å². The first-order valence-electron chi connectivity index (χ1n) is 8.10. The Kier molecular flexibility index (Phi) is 5.31. The summed E-state index contributed by atoms with van der Waals surface area (Å²) in [5.41, 5.74) is 0.729. The van der Waals surface area contributed by atoms with Gasteiger partial charge in [-0.2, -0.15) is 0 Å². The topological polar surface area (TPSA) is 40.5 Å². The van der Waals surface area contributed by atoms with Gasteiger partial charge in [0.15, 0.2) is 0 Å². The SMILES string of the molecule is CCOC(=O)C(Oc1ccccc1-n1cccc1)c1cc(F)cc(F)c1. The van der Waals surface area contributed by atoms with Crippen molar-refractivity contribution in [3.63, 3.8) is 0 Å². The molecule has 26 heavy (non-hydrogen) atoms. The van der Waals surface area contributed by atoms with E-state index in [9.17, 15) is 13.6 Å². The quantitative estimate of drug-likeness (QED) is 0.613. The Bertz CT molecular complexity index is 874. The average Bonchev–Trinajstić information content (AvgIpc) is 3.13. The van der Waals surface area contributed by atoms with Gasteiger partial charge in [-0.1, -0.05) is 12.1 Å². The van der Waals surface area contributed by atoms with Gasteiger partial charge in [-0.25, -0.2) is 13.6 Å². The molecule has 3 aromatic rings. The van der Waals surface area contributed by atoms with Gasteiger partial charge < -0.3 is 14.0 Å². The lowest BCUT2D eigenvalue weighted by molar-refractivity contribution is -0.151. The lowest BCUT2D eigenvalue weighted by atomic mass is 10.1. The van der Waals surface area contributed by atoms with E-state index in [1.54, 1.807) is 19.1 Å². The lowest BCUT2D eigenvalue weighted by Gasteiger charge is -2.20. The van der Waals surface area contributed by atoms with Gasteiger partial charge >= 0.3 is 5.97 Å². The number of rotatable bonds is 6. The van der Waals surface area contributed by atoms with Gasteiger partial charge in [-0.3, -0.25) is 0 Å². The number of carbonyl (C=O) groups excluding carboxylic acids is 1. The van der Waals surface area contributed by atoms with Crippen molar-refractivity contribution in [3.8, 4) is 11.4 Å². The molecule has 1 heterocycles. The summed E-state index contributed by atoms with van der Waals surface area (Å²) in [6.45, 7) is 1.77. The number of nitrogens with zero attached hydrogens (tertiary/aromatic N) is 1. The molecule has 1 unspecified atom stereocenters. The standard InChI is InChI=1S/C20H17F2NO3/c1-2-25-20(24)19(14-11-15(21)13-16(22)12-14)26-18-8-4-3-7-17(18)23-9-5-6-10-23/h3-13,19H,2H2,1H3. The van der Waals surface area contributed by atoms with Gasteiger partial charge in [0.05, 0.1) is 12.3 Å². The summed E-state index contributed by atoms with van der Waals surface area (Å²) < 4.78 is 39.9. The Morgan fingerprint density at radius 3 is 2.35 bits per heavy atom. The normalized spacial score (nSPS) is 11.8. The number of esters is 1. The Labute approximate surface area is 149 Å². The molecule has 0 N–H and O–H groups in total. The van der Waals surface area contributed by atoms with Gasteiger partial charge in [0.25, 0.3) is 0 Å². The summed E-state index contributed by atoms with van der Waals surface area (Å²) in [7, 11) is 0. The van der Waals surface area contributed by atoms with Crippen LogP contribution in [-0.2, 0) is 9.53 Å². The maximum absolute atomic E-state index is 13.6. The lowest BCUT2D eigenvalue weighted by Crippen LogP contribution is -2.22. The molecule has 0 aliphatic heterocycles. The smallest absolute Gasteiger partial charge is 0.352 e. The van der Waals surface area contributed by atoms with Crippen LogP contribution >= 0.6 is 0 Å². The molecule has 0 spiro atoms. The van der Waals surface area contributed by atoms with E-state index >= 15 is 0 Å². The minimum atomic E-state index is -1.29. The Morgan fingerprint density at radius 1 is 1.04 bits per heavy atom. The summed E-state index contributed by atoms with van der Waals surface area (Å²) in [6.07, 6.45) is 2.35. The van der Waals surface area contributed by atoms with Crippen molar-refractivity contribution >= 4 is 5.97 Å². The molecule has 0 amide bonds. The van der Waals surface area contributed by atoms with E-state index < -0.39 is 23.7 Å². The van der Waals surface area contributed by atoms with E-state index in [0.717, 1.165) is 18.2 Å². The van der Waals surface area contributed by atoms with E-state index in [4.69, 9.17) is 9.47 Å². The van der Waals surface area contributed by atoms with Crippen molar-refractivity contribution in [3.05, 3.63) is 84.2 Å². The van der Waals surface area contributed by atoms with Crippen LogP contribution in [0.5, 0.6) is 5.75 Å². The molecule has 1 aromatic heterocycles. The number of hydrogen-bond donors (Lipinski definition) is 0. The predicted octanol–water partition coefficient (Wildman–Crippen LogP) is 4.44. The zero-order chi connectivity index (χ0) is 18.5. The van der Waals surface area contributed by atoms with Gasteiger partial charge in [0.2, 0.25) is 6.10 Å². The number of ether oxygens (including phenoxy) is 2. The number of hydrogen-bond acceptors (Lipinski definition) is 3. The third kappa shape index (κ3) is 3.91. The molecule has 134 valence electrons. The largest absolute Gasteiger partial charge is 0.472 e. The van der Waals surface area contributed by atoms with E-state index in [-0.39, 0.29) is 12.2 Å². The van der Waals surface area contributed by atoms with Gasteiger partial charge in [-0.05, 0) is 43.3 Å². The zero-order valence-electron chi connectivity index (χ0n) is 14.1. The Morgan fingerprint density at radius 2 is 1.69 bits per heavy atom. The molecule has 1 atom stereocenters. The van der Waals surface area contributed by atoms with E-state index in [2.05, 4.69) is 0 Å². The minimum Gasteiger partial charge on any atom is -0.472 e. The molecule has 3 rings (SSSR count). The first kappa shape index (κ1) is 17.7. The zero-order valence-corrected chi connectivity index (χ0v) is 14.1. The van der Waals surface area contributed by atoms with Crippen molar-refractivity contribution in [2.45, 2.75) is 13.0 Å². The highest BCUT2D eigenvalue weighted by Gasteiger charge is 2.26. The molecule has 2 aromatic carbocycles. The average molecular weight is 357 g/mol. The maximum atomic E-state index is 13.6. The highest BCUT2D eigenvalue weighted by atomic mass is 19.1. The maximum Gasteiger partial charge on any atom is 0.352 e. The van der Waals surface area contributed by atoms with Crippen LogP contribution < -0.4 is 4.74 Å². The Hall–Kier alpha value is -3.15. The van der Waals surface area contributed by atoms with Crippen LogP contribution in [0.1, 0.15) is 18.6 Å². The van der Waals surface area contributed by atoms with Crippen LogP contribution in [0, 0.1) is 11.6 Å². The van der Waals surface area contributed by atoms with Crippen LogP contribution in [0.25, 0.3) is 5.69 Å². The van der Waals surface area contributed by atoms with Crippen molar-refractivity contribution in [2.24, 2.45) is 0 Å². The first-order valence-corrected chi connectivity index (χ1v) is 8.10. The molecule has 6 heteroatoms. The van der Waals surface area contributed by atoms with Crippen LogP contribution in [0.15, 0.2) is 67.0 Å². The number of halogens is 2. The van der Waals surface area contributed by atoms with Crippen molar-refractivity contribution in [1.82, 2.24) is 4.57 Å². The van der Waals surface area contributed by atoms with E-state index in [0.29, 0.717) is 11.4 Å². The van der Waals surface area contributed by atoms with Gasteiger partial charge in [0, 0.05) is 24.0 Å². The highest BCUT2D eigenvalue weighted by molar-refractivity contribution is 5.77. The van der Waals surface area contributed by atoms with Crippen molar-refractivity contribution in [2.75, 3.05) is 6.61 Å². The monoisotopic (exact) mass is 357 g/mol. The van der Waals surface area contributed by atoms with Crippen molar-refractivity contribution < 1.29 is 23.0 Å². The highest BCUT2D eigenvalue weighted by Crippen LogP contribution is 2.29. The second-order valence-electron chi connectivity index (χ2n) is 5.51. The fraction of sp³-hybridized carbons (Fsp3) is 0.150. The summed E-state index contributed by atoms with van der Waals surface area (Å²) in [5.74, 6) is -1.93. The summed E-state index contributed by atoms with van der Waals surface area (Å²) in [4.78, 5) is 12.4. The molecular weight excluding hydrogens is 340 g/mol. The van der Waals surface area contributed by atoms with E-state index in [1.807, 2.05) is 41.2 Å². The predicted molar refractivity (Wildman–Crippen MR) is 92.1 cm³/mol. The fourth-order valence-electron chi connectivity index (χ4n) is 2.59. The number of benzene rings is 2. The molecule has 0 saturated carbocycles. The molecule has 0 fully saturated rings. The molecule has 0 radical (unpaired) electrons. The molecule has 0 aliphatic carbocycles. The first-order chi connectivity index (χ1) is 12.6. The second kappa shape index (κ2) is 7.82. The third-order valence-corrected chi connectivity index (χ3v) is 3.68. The number of carbonyl (C=O) groups is 1. The molecule has 4 nitrogen and oxygen atoms in total. The van der Waals surface area contributed by atoms with Crippen molar-refractivity contribution in [1.29, 1.82) is 0 Å². The Balaban J connectivity index is 2.01. The number of aromatic nitrogens is 1. The summed E-state index contributed by atoms with van der Waals surface area (Å²) in [5, 5.41) is 0. The molecule has 0 bridgehead atoms. The van der Waals surface area contributed by atoms with Gasteiger partial charge in [0.1, 0.15) is 17.4 Å². The molecular formula is C20H17F2NO3.